The van der Waals surface area contributed by atoms with E-state index in [0.717, 1.165) is 31.2 Å². The van der Waals surface area contributed by atoms with Crippen LogP contribution in [0.2, 0.25) is 0 Å². The van der Waals surface area contributed by atoms with E-state index in [1.165, 1.54) is 12.1 Å². The van der Waals surface area contributed by atoms with Crippen LogP contribution in [0.5, 0.6) is 5.75 Å². The van der Waals surface area contributed by atoms with E-state index in [1.54, 1.807) is 25.1 Å². The van der Waals surface area contributed by atoms with Crippen LogP contribution in [0.25, 0.3) is 10.8 Å². The summed E-state index contributed by atoms with van der Waals surface area (Å²) in [6.45, 7) is 9.93. The van der Waals surface area contributed by atoms with E-state index in [1.807, 2.05) is 0 Å². The molecule has 0 amide bonds. The number of hydrogen-bond donors (Lipinski definition) is 1. The SMILES string of the molecule is CCOC(=O)CCCNCc1ccc2c(C(F)(F)F)c(OC3CCC(C(C)(C)C)CC3)ccc2c1. The molecule has 0 aromatic heterocycles. The number of alkyl halides is 3. The number of carbonyl (C=O) groups excluding carboxylic acids is 1. The van der Waals surface area contributed by atoms with Gasteiger partial charge in [0.05, 0.1) is 12.7 Å². The zero-order chi connectivity index (χ0) is 25.6. The molecule has 0 heterocycles. The van der Waals surface area contributed by atoms with Crippen molar-refractivity contribution in [2.75, 3.05) is 13.2 Å². The Morgan fingerprint density at radius 3 is 2.40 bits per heavy atom. The summed E-state index contributed by atoms with van der Waals surface area (Å²) in [4.78, 5) is 11.4. The summed E-state index contributed by atoms with van der Waals surface area (Å²) in [7, 11) is 0. The average Bonchev–Trinajstić information content (AvgIpc) is 2.78. The first kappa shape index (κ1) is 27.3. The molecule has 35 heavy (non-hydrogen) atoms. The van der Waals surface area contributed by atoms with Crippen molar-refractivity contribution in [1.82, 2.24) is 5.32 Å². The molecule has 0 atom stereocenters. The summed E-state index contributed by atoms with van der Waals surface area (Å²) in [5.74, 6) is 0.271. The molecule has 0 spiro atoms. The smallest absolute Gasteiger partial charge is 0.420 e. The molecular formula is C28H38F3NO3. The number of nitrogens with one attached hydrogen (secondary N) is 1. The second kappa shape index (κ2) is 11.6. The minimum Gasteiger partial charge on any atom is -0.490 e. The molecular weight excluding hydrogens is 455 g/mol. The maximum atomic E-state index is 14.1. The van der Waals surface area contributed by atoms with E-state index in [0.29, 0.717) is 43.8 Å². The van der Waals surface area contributed by atoms with E-state index >= 15 is 0 Å². The summed E-state index contributed by atoms with van der Waals surface area (Å²) in [5, 5.41) is 3.92. The van der Waals surface area contributed by atoms with Crippen molar-refractivity contribution >= 4 is 16.7 Å². The molecule has 0 saturated heterocycles. The lowest BCUT2D eigenvalue weighted by Crippen LogP contribution is -2.31. The van der Waals surface area contributed by atoms with Crippen LogP contribution >= 0.6 is 0 Å². The van der Waals surface area contributed by atoms with Gasteiger partial charge in [-0.15, -0.1) is 0 Å². The Balaban J connectivity index is 1.68. The predicted molar refractivity (Wildman–Crippen MR) is 132 cm³/mol. The minimum atomic E-state index is -4.51. The molecule has 4 nitrogen and oxygen atoms in total. The first-order chi connectivity index (χ1) is 16.5. The monoisotopic (exact) mass is 493 g/mol. The molecule has 0 bridgehead atoms. The van der Waals surface area contributed by atoms with Gasteiger partial charge in [0.2, 0.25) is 0 Å². The predicted octanol–water partition coefficient (Wildman–Crippen LogP) is 7.28. The van der Waals surface area contributed by atoms with Crippen LogP contribution in [0.15, 0.2) is 30.3 Å². The van der Waals surface area contributed by atoms with Gasteiger partial charge < -0.3 is 14.8 Å². The number of hydrogen-bond acceptors (Lipinski definition) is 4. The summed E-state index contributed by atoms with van der Waals surface area (Å²) >= 11 is 0. The van der Waals surface area contributed by atoms with Crippen molar-refractivity contribution < 1.29 is 27.4 Å². The Labute approximate surface area is 206 Å². The highest BCUT2D eigenvalue weighted by atomic mass is 19.4. The Kier molecular flexibility index (Phi) is 9.08. The Hall–Kier alpha value is -2.28. The molecule has 2 aromatic carbocycles. The molecule has 2 aromatic rings. The van der Waals surface area contributed by atoms with Crippen molar-refractivity contribution in [1.29, 1.82) is 0 Å². The van der Waals surface area contributed by atoms with E-state index in [4.69, 9.17) is 9.47 Å². The molecule has 1 N–H and O–H groups in total. The molecule has 7 heteroatoms. The second-order valence-electron chi connectivity index (χ2n) is 10.5. The molecule has 0 unspecified atom stereocenters. The van der Waals surface area contributed by atoms with Gasteiger partial charge in [0.25, 0.3) is 0 Å². The normalized spacial score (nSPS) is 19.1. The number of esters is 1. The lowest BCUT2D eigenvalue weighted by molar-refractivity contribution is -0.143. The van der Waals surface area contributed by atoms with Gasteiger partial charge >= 0.3 is 12.1 Å². The molecule has 1 aliphatic rings. The standard InChI is InChI=1S/C28H38F3NO3/c1-5-34-25(33)7-6-16-32-18-19-8-14-23-20(17-19)9-15-24(26(23)28(29,30)31)35-22-12-10-21(11-13-22)27(2,3)4/h8-9,14-15,17,21-22,32H,5-7,10-13,16,18H2,1-4H3. The van der Waals surface area contributed by atoms with Crippen LogP contribution in [0.3, 0.4) is 0 Å². The van der Waals surface area contributed by atoms with Crippen molar-refractivity contribution in [2.45, 2.75) is 85.0 Å². The van der Waals surface area contributed by atoms with Gasteiger partial charge in [-0.1, -0.05) is 39.0 Å². The number of ether oxygens (including phenoxy) is 2. The van der Waals surface area contributed by atoms with Crippen LogP contribution in [0.4, 0.5) is 13.2 Å². The number of fused-ring (bicyclic) bond motifs is 1. The van der Waals surface area contributed by atoms with Gasteiger partial charge in [-0.2, -0.15) is 13.2 Å². The van der Waals surface area contributed by atoms with E-state index in [-0.39, 0.29) is 28.6 Å². The molecule has 3 rings (SSSR count). The zero-order valence-electron chi connectivity index (χ0n) is 21.3. The van der Waals surface area contributed by atoms with E-state index < -0.39 is 11.7 Å². The highest BCUT2D eigenvalue weighted by molar-refractivity contribution is 5.89. The Morgan fingerprint density at radius 2 is 1.77 bits per heavy atom. The van der Waals surface area contributed by atoms with Gasteiger partial charge in [-0.05, 0) is 85.4 Å². The quantitative estimate of drug-likeness (QED) is 0.295. The summed E-state index contributed by atoms with van der Waals surface area (Å²) in [6.07, 6.45) is -0.221. The molecule has 0 aliphatic heterocycles. The fourth-order valence-corrected chi connectivity index (χ4v) is 4.91. The third-order valence-corrected chi connectivity index (χ3v) is 6.89. The van der Waals surface area contributed by atoms with Gasteiger partial charge in [-0.3, -0.25) is 4.79 Å². The molecule has 1 aliphatic carbocycles. The number of halogens is 3. The van der Waals surface area contributed by atoms with Crippen molar-refractivity contribution in [3.8, 4) is 5.75 Å². The van der Waals surface area contributed by atoms with E-state index in [2.05, 4.69) is 26.1 Å². The minimum absolute atomic E-state index is 0.0750. The lowest BCUT2D eigenvalue weighted by Gasteiger charge is -2.37. The zero-order valence-corrected chi connectivity index (χ0v) is 21.3. The lowest BCUT2D eigenvalue weighted by atomic mass is 9.72. The Morgan fingerprint density at radius 1 is 1.06 bits per heavy atom. The maximum absolute atomic E-state index is 14.1. The van der Waals surface area contributed by atoms with Crippen molar-refractivity contribution in [3.05, 3.63) is 41.5 Å². The van der Waals surface area contributed by atoms with Gasteiger partial charge in [-0.25, -0.2) is 0 Å². The van der Waals surface area contributed by atoms with Crippen LogP contribution < -0.4 is 10.1 Å². The van der Waals surface area contributed by atoms with Crippen LogP contribution in [0.1, 0.15) is 77.3 Å². The molecule has 194 valence electrons. The topological polar surface area (TPSA) is 47.6 Å². The van der Waals surface area contributed by atoms with Crippen molar-refractivity contribution in [2.24, 2.45) is 11.3 Å². The second-order valence-corrected chi connectivity index (χ2v) is 10.5. The highest BCUT2D eigenvalue weighted by Gasteiger charge is 2.38. The highest BCUT2D eigenvalue weighted by Crippen LogP contribution is 2.44. The number of benzene rings is 2. The van der Waals surface area contributed by atoms with Crippen LogP contribution in [-0.2, 0) is 22.3 Å². The largest absolute Gasteiger partial charge is 0.490 e. The van der Waals surface area contributed by atoms with E-state index in [9.17, 15) is 18.0 Å². The van der Waals surface area contributed by atoms with Crippen LogP contribution in [0, 0.1) is 11.3 Å². The molecule has 1 saturated carbocycles. The summed E-state index contributed by atoms with van der Waals surface area (Å²) in [5.41, 5.74) is 0.399. The first-order valence-electron chi connectivity index (χ1n) is 12.6. The number of carbonyl (C=O) groups is 1. The van der Waals surface area contributed by atoms with Gasteiger partial charge in [0.15, 0.2) is 0 Å². The fraction of sp³-hybridized carbons (Fsp3) is 0.607. The average molecular weight is 494 g/mol. The van der Waals surface area contributed by atoms with Crippen LogP contribution in [-0.4, -0.2) is 25.2 Å². The Bertz CT molecular complexity index is 989. The summed E-state index contributed by atoms with van der Waals surface area (Å²) < 4.78 is 53.3. The molecule has 0 radical (unpaired) electrons. The fourth-order valence-electron chi connectivity index (χ4n) is 4.91. The van der Waals surface area contributed by atoms with Crippen molar-refractivity contribution in [3.63, 3.8) is 0 Å². The third kappa shape index (κ3) is 7.60. The van der Waals surface area contributed by atoms with Gasteiger partial charge in [0, 0.05) is 13.0 Å². The molecule has 1 fully saturated rings. The first-order valence-corrected chi connectivity index (χ1v) is 12.6. The third-order valence-electron chi connectivity index (χ3n) is 6.89. The number of rotatable bonds is 9. The maximum Gasteiger partial charge on any atom is 0.420 e. The summed E-state index contributed by atoms with van der Waals surface area (Å²) in [6, 6.07) is 8.22. The van der Waals surface area contributed by atoms with Gasteiger partial charge in [0.1, 0.15) is 11.3 Å².